The number of carbonyl (C=O) groups excluding carboxylic acids is 1. The summed E-state index contributed by atoms with van der Waals surface area (Å²) in [6.45, 7) is 0. The van der Waals surface area contributed by atoms with Crippen molar-refractivity contribution in [1.82, 2.24) is 5.32 Å². The molecule has 1 rings (SSSR count). The first-order valence-corrected chi connectivity index (χ1v) is 3.95. The van der Waals surface area contributed by atoms with E-state index in [0.29, 0.717) is 0 Å². The fourth-order valence-corrected chi connectivity index (χ4v) is 1.16. The smallest absolute Gasteiger partial charge is 0.270 e. The van der Waals surface area contributed by atoms with Crippen LogP contribution in [-0.4, -0.2) is 17.9 Å². The lowest BCUT2D eigenvalue weighted by molar-refractivity contribution is -0.384. The van der Waals surface area contributed by atoms with Crippen molar-refractivity contribution in [3.63, 3.8) is 0 Å². The molecule has 0 radical (unpaired) electrons. The Morgan fingerprint density at radius 2 is 2.43 bits per heavy atom. The lowest BCUT2D eigenvalue weighted by atomic mass is 10.2. The zero-order valence-electron chi connectivity index (χ0n) is 7.99. The predicted molar refractivity (Wildman–Crippen MR) is 51.5 cm³/mol. The molecule has 0 aliphatic rings. The van der Waals surface area contributed by atoms with Crippen LogP contribution in [0.3, 0.4) is 0 Å². The van der Waals surface area contributed by atoms with Crippen molar-refractivity contribution in [3.05, 3.63) is 38.9 Å². The van der Waals surface area contributed by atoms with Gasteiger partial charge in [0.15, 0.2) is 0 Å². The number of hydrogen-bond donors (Lipinski definition) is 1. The summed E-state index contributed by atoms with van der Waals surface area (Å²) in [5, 5.41) is 12.6. The fraction of sp³-hybridized carbons (Fsp3) is 0.125. The quantitative estimate of drug-likeness (QED) is 0.602. The third-order valence-corrected chi connectivity index (χ3v) is 1.88. The molecule has 1 amide bonds. The second-order valence-corrected chi connectivity index (χ2v) is 2.83. The molecule has 74 valence electrons. The van der Waals surface area contributed by atoms with Crippen LogP contribution in [0.4, 0.5) is 5.69 Å². The predicted octanol–water partition coefficient (Wildman–Crippen LogP) is 1.61. The Kier molecular flexibility index (Phi) is 2.60. The van der Waals surface area contributed by atoms with E-state index in [1.165, 1.54) is 12.1 Å². The minimum absolute atomic E-state index is 0.00449. The van der Waals surface area contributed by atoms with Gasteiger partial charge in [-0.1, -0.05) is 11.6 Å². The van der Waals surface area contributed by atoms with Crippen LogP contribution in [0.2, 0.25) is 5.02 Å². The summed E-state index contributed by atoms with van der Waals surface area (Å²) in [7, 11) is -0.272. The van der Waals surface area contributed by atoms with Crippen molar-refractivity contribution in [2.75, 3.05) is 7.02 Å². The van der Waals surface area contributed by atoms with E-state index >= 15 is 0 Å². The number of hydrogen-bond acceptors (Lipinski definition) is 3. The summed E-state index contributed by atoms with van der Waals surface area (Å²) in [4.78, 5) is 21.0. The van der Waals surface area contributed by atoms with Crippen molar-refractivity contribution >= 4 is 23.2 Å². The largest absolute Gasteiger partial charge is 0.355 e. The lowest BCUT2D eigenvalue weighted by Crippen LogP contribution is -2.18. The Morgan fingerprint density at radius 3 is 2.93 bits per heavy atom. The standard InChI is InChI=1S/C8H7ClN2O3/c1-10-8(12)6-3-2-5(11(13)14)4-7(6)9/h2-4H,1H3,(H,10,12)/i1D. The van der Waals surface area contributed by atoms with Crippen LogP contribution in [0.1, 0.15) is 11.7 Å². The number of nitrogens with zero attached hydrogens (tertiary/aromatic N) is 1. The van der Waals surface area contributed by atoms with E-state index in [9.17, 15) is 14.9 Å². The van der Waals surface area contributed by atoms with Gasteiger partial charge in [0.05, 0.1) is 15.5 Å². The molecule has 0 heterocycles. The number of nitro benzene ring substituents is 1. The van der Waals surface area contributed by atoms with Crippen molar-refractivity contribution < 1.29 is 11.1 Å². The molecule has 0 atom stereocenters. The number of nitrogens with one attached hydrogen (secondary N) is 1. The van der Waals surface area contributed by atoms with Gasteiger partial charge in [-0.3, -0.25) is 14.9 Å². The minimum Gasteiger partial charge on any atom is -0.355 e. The second-order valence-electron chi connectivity index (χ2n) is 2.43. The van der Waals surface area contributed by atoms with E-state index in [4.69, 9.17) is 13.0 Å². The Balaban J connectivity index is 3.03. The van der Waals surface area contributed by atoms with Crippen molar-refractivity contribution in [2.45, 2.75) is 0 Å². The molecule has 0 aromatic heterocycles. The Bertz CT molecular complexity index is 411. The summed E-state index contributed by atoms with van der Waals surface area (Å²) in [5.41, 5.74) is -0.0584. The molecule has 0 bridgehead atoms. The SMILES string of the molecule is [2H]CNC(=O)c1ccc([N+](=O)[O-])cc1Cl. The van der Waals surface area contributed by atoms with E-state index in [1.54, 1.807) is 0 Å². The van der Waals surface area contributed by atoms with Crippen LogP contribution in [0, 0.1) is 10.1 Å². The Labute approximate surface area is 86.2 Å². The molecule has 0 aliphatic carbocycles. The summed E-state index contributed by atoms with van der Waals surface area (Å²) in [5.74, 6) is -0.523. The highest BCUT2D eigenvalue weighted by molar-refractivity contribution is 6.34. The van der Waals surface area contributed by atoms with Crippen LogP contribution < -0.4 is 5.32 Å². The van der Waals surface area contributed by atoms with Gasteiger partial charge in [0.1, 0.15) is 0 Å². The van der Waals surface area contributed by atoms with E-state index in [1.807, 2.05) is 0 Å². The maximum Gasteiger partial charge on any atom is 0.270 e. The zero-order valence-corrected chi connectivity index (χ0v) is 7.75. The number of non-ortho nitro benzene ring substituents is 1. The van der Waals surface area contributed by atoms with Crippen LogP contribution in [0.15, 0.2) is 18.2 Å². The third-order valence-electron chi connectivity index (χ3n) is 1.57. The molecule has 0 unspecified atom stereocenters. The lowest BCUT2D eigenvalue weighted by Gasteiger charge is -2.01. The van der Waals surface area contributed by atoms with Gasteiger partial charge in [0.25, 0.3) is 11.6 Å². The average Bonchev–Trinajstić information content (AvgIpc) is 2.17. The third kappa shape index (κ3) is 2.00. The van der Waals surface area contributed by atoms with E-state index in [0.717, 1.165) is 6.07 Å². The monoisotopic (exact) mass is 215 g/mol. The molecule has 0 spiro atoms. The molecule has 1 N–H and O–H groups in total. The number of carbonyl (C=O) groups is 1. The maximum atomic E-state index is 11.3. The minimum atomic E-state index is -0.599. The van der Waals surface area contributed by atoms with Gasteiger partial charge < -0.3 is 5.32 Å². The summed E-state index contributed by atoms with van der Waals surface area (Å²) in [6.07, 6.45) is 0. The van der Waals surface area contributed by atoms with E-state index < -0.39 is 10.8 Å². The summed E-state index contributed by atoms with van der Waals surface area (Å²) >= 11 is 5.68. The second kappa shape index (κ2) is 4.06. The number of rotatable bonds is 2. The van der Waals surface area contributed by atoms with Crippen LogP contribution in [0.5, 0.6) is 0 Å². The zero-order chi connectivity index (χ0) is 11.4. The molecule has 1 aromatic rings. The molecular weight excluding hydrogens is 208 g/mol. The van der Waals surface area contributed by atoms with Crippen molar-refractivity contribution in [3.8, 4) is 0 Å². The first kappa shape index (κ1) is 8.96. The fourth-order valence-electron chi connectivity index (χ4n) is 0.897. The van der Waals surface area contributed by atoms with Crippen molar-refractivity contribution in [1.29, 1.82) is 0 Å². The topological polar surface area (TPSA) is 72.2 Å². The molecular formula is C8H7ClN2O3. The summed E-state index contributed by atoms with van der Waals surface area (Å²) in [6, 6.07) is 3.54. The molecule has 0 fully saturated rings. The highest BCUT2D eigenvalue weighted by Crippen LogP contribution is 2.22. The van der Waals surface area contributed by atoms with Gasteiger partial charge in [-0.15, -0.1) is 0 Å². The van der Waals surface area contributed by atoms with Gasteiger partial charge >= 0.3 is 0 Å². The van der Waals surface area contributed by atoms with Gasteiger partial charge in [-0.2, -0.15) is 0 Å². The van der Waals surface area contributed by atoms with Crippen molar-refractivity contribution in [2.24, 2.45) is 0 Å². The van der Waals surface area contributed by atoms with Gasteiger partial charge in [0, 0.05) is 20.5 Å². The molecule has 0 saturated heterocycles. The Morgan fingerprint density at radius 1 is 1.71 bits per heavy atom. The Hall–Kier alpha value is -1.62. The van der Waals surface area contributed by atoms with E-state index in [-0.39, 0.29) is 23.3 Å². The van der Waals surface area contributed by atoms with Gasteiger partial charge in [0.2, 0.25) is 0 Å². The molecule has 6 heteroatoms. The molecule has 0 saturated carbocycles. The summed E-state index contributed by atoms with van der Waals surface area (Å²) < 4.78 is 6.78. The number of halogens is 1. The molecule has 1 aromatic carbocycles. The van der Waals surface area contributed by atoms with E-state index in [2.05, 4.69) is 5.32 Å². The average molecular weight is 216 g/mol. The first-order chi connectivity index (χ1) is 7.06. The van der Waals surface area contributed by atoms with Crippen LogP contribution in [-0.2, 0) is 0 Å². The molecule has 14 heavy (non-hydrogen) atoms. The number of benzene rings is 1. The number of nitro groups is 1. The van der Waals surface area contributed by atoms with Crippen LogP contribution >= 0.6 is 11.6 Å². The normalized spacial score (nSPS) is 10.5. The first-order valence-electron chi connectivity index (χ1n) is 4.28. The highest BCUT2D eigenvalue weighted by atomic mass is 35.5. The molecule has 5 nitrogen and oxygen atoms in total. The highest BCUT2D eigenvalue weighted by Gasteiger charge is 2.13. The maximum absolute atomic E-state index is 11.3. The van der Waals surface area contributed by atoms with Gasteiger partial charge in [-0.05, 0) is 6.07 Å². The van der Waals surface area contributed by atoms with Crippen LogP contribution in [0.25, 0.3) is 0 Å². The number of amides is 1. The molecule has 0 aliphatic heterocycles. The van der Waals surface area contributed by atoms with Gasteiger partial charge in [-0.25, -0.2) is 0 Å².